The second-order valence-corrected chi connectivity index (χ2v) is 7.81. The van der Waals surface area contributed by atoms with Gasteiger partial charge in [0.25, 0.3) is 0 Å². The predicted octanol–water partition coefficient (Wildman–Crippen LogP) is 3.41. The largest absolute Gasteiger partial charge is 0.488 e. The van der Waals surface area contributed by atoms with Crippen LogP contribution in [0, 0.1) is 0 Å². The van der Waals surface area contributed by atoms with Crippen molar-refractivity contribution >= 4 is 18.1 Å². The van der Waals surface area contributed by atoms with Gasteiger partial charge < -0.3 is 19.9 Å². The normalized spacial score (nSPS) is 19.2. The van der Waals surface area contributed by atoms with E-state index in [1.807, 2.05) is 18.2 Å². The molecule has 172 valence electrons. The maximum Gasteiger partial charge on any atom is 0.327 e. The van der Waals surface area contributed by atoms with Crippen molar-refractivity contribution in [2.45, 2.75) is 52.2 Å². The molecule has 0 radical (unpaired) electrons. The summed E-state index contributed by atoms with van der Waals surface area (Å²) in [6, 6.07) is 1.43. The lowest BCUT2D eigenvalue weighted by atomic mass is 10.0. The first kappa shape index (κ1) is 23.7. The number of hydrogen-bond donors (Lipinski definition) is 2. The molecule has 0 spiro atoms. The molecular formula is C24H31N3O5. The average Bonchev–Trinajstić information content (AvgIpc) is 3.30. The fourth-order valence-corrected chi connectivity index (χ4v) is 3.69. The summed E-state index contributed by atoms with van der Waals surface area (Å²) in [6.45, 7) is 5.32. The van der Waals surface area contributed by atoms with Crippen molar-refractivity contribution in [3.05, 3.63) is 58.6 Å². The van der Waals surface area contributed by atoms with Gasteiger partial charge in [-0.3, -0.25) is 9.69 Å². The summed E-state index contributed by atoms with van der Waals surface area (Å²) in [7, 11) is 0. The zero-order valence-corrected chi connectivity index (χ0v) is 18.7. The Bertz CT molecular complexity index is 916. The van der Waals surface area contributed by atoms with Gasteiger partial charge in [-0.25, -0.2) is 9.78 Å². The Morgan fingerprint density at radius 1 is 1.47 bits per heavy atom. The number of carbonyl (C=O) groups excluding carboxylic acids is 2. The molecule has 1 aromatic heterocycles. The molecule has 0 aromatic carbocycles. The van der Waals surface area contributed by atoms with Gasteiger partial charge in [0.05, 0.1) is 19.8 Å². The molecule has 8 nitrogen and oxygen atoms in total. The Morgan fingerprint density at radius 2 is 2.31 bits per heavy atom. The molecule has 0 saturated carbocycles. The number of urea groups is 1. The fourth-order valence-electron chi connectivity index (χ4n) is 3.69. The Hall–Kier alpha value is -2.97. The van der Waals surface area contributed by atoms with Crippen LogP contribution in [0.15, 0.2) is 41.8 Å². The Labute approximate surface area is 188 Å². The smallest absolute Gasteiger partial charge is 0.327 e. The highest BCUT2D eigenvalue weighted by molar-refractivity contribution is 5.93. The quantitative estimate of drug-likeness (QED) is 0.364. The first-order chi connectivity index (χ1) is 15.5. The number of aliphatic hydroxyl groups is 1. The van der Waals surface area contributed by atoms with Crippen LogP contribution in [0.5, 0.6) is 0 Å². The van der Waals surface area contributed by atoms with Crippen LogP contribution in [0.25, 0.3) is 0 Å². The number of nitrogens with zero attached hydrogens (tertiary/aromatic N) is 2. The lowest BCUT2D eigenvalue weighted by molar-refractivity contribution is 0.0979. The van der Waals surface area contributed by atoms with E-state index in [2.05, 4.69) is 17.2 Å². The van der Waals surface area contributed by atoms with Gasteiger partial charge in [0, 0.05) is 24.2 Å². The summed E-state index contributed by atoms with van der Waals surface area (Å²) in [4.78, 5) is 30.3. The van der Waals surface area contributed by atoms with E-state index >= 15 is 0 Å². The van der Waals surface area contributed by atoms with Gasteiger partial charge in [-0.05, 0) is 50.0 Å². The fraction of sp³-hybridized carbons (Fsp3) is 0.458. The first-order valence-electron chi connectivity index (χ1n) is 11.0. The van der Waals surface area contributed by atoms with E-state index in [-0.39, 0.29) is 24.4 Å². The highest BCUT2D eigenvalue weighted by atomic mass is 16.5. The number of allylic oxidation sites excluding steroid dienone is 5. The number of ether oxygens (including phenoxy) is 2. The third kappa shape index (κ3) is 6.05. The van der Waals surface area contributed by atoms with Crippen molar-refractivity contribution in [3.63, 3.8) is 0 Å². The van der Waals surface area contributed by atoms with Crippen molar-refractivity contribution < 1.29 is 24.2 Å². The summed E-state index contributed by atoms with van der Waals surface area (Å²) in [5.74, 6) is 1.11. The molecular weight excluding hydrogens is 410 g/mol. The number of anilines is 1. The maximum atomic E-state index is 13.0. The SMILES string of the molecule is CC/C=C/C=C(\C=C(/C)NC(=O)N1CCCc2cc(CO)c(C=O)nc21)OC1CCOC1. The van der Waals surface area contributed by atoms with Crippen molar-refractivity contribution in [3.8, 4) is 0 Å². The molecule has 0 aliphatic carbocycles. The third-order valence-electron chi connectivity index (χ3n) is 5.29. The number of nitrogens with one attached hydrogen (secondary N) is 1. The van der Waals surface area contributed by atoms with E-state index in [9.17, 15) is 14.7 Å². The zero-order chi connectivity index (χ0) is 22.9. The molecule has 1 fully saturated rings. The molecule has 8 heteroatoms. The summed E-state index contributed by atoms with van der Waals surface area (Å²) in [5, 5.41) is 12.4. The number of aldehydes is 1. The zero-order valence-electron chi connectivity index (χ0n) is 18.7. The van der Waals surface area contributed by atoms with E-state index < -0.39 is 0 Å². The Balaban J connectivity index is 1.76. The third-order valence-corrected chi connectivity index (χ3v) is 5.29. The summed E-state index contributed by atoms with van der Waals surface area (Å²) >= 11 is 0. The molecule has 1 unspecified atom stereocenters. The molecule has 2 aliphatic heterocycles. The van der Waals surface area contributed by atoms with Gasteiger partial charge in [-0.15, -0.1) is 0 Å². The Morgan fingerprint density at radius 3 is 3.00 bits per heavy atom. The van der Waals surface area contributed by atoms with Crippen molar-refractivity contribution in [1.29, 1.82) is 0 Å². The number of rotatable bonds is 8. The van der Waals surface area contributed by atoms with E-state index in [0.29, 0.717) is 48.9 Å². The topological polar surface area (TPSA) is 101 Å². The molecule has 2 aliphatic rings. The van der Waals surface area contributed by atoms with E-state index in [1.54, 1.807) is 19.1 Å². The van der Waals surface area contributed by atoms with Crippen molar-refractivity contribution in [2.24, 2.45) is 0 Å². The second kappa shape index (κ2) is 11.6. The average molecular weight is 442 g/mol. The van der Waals surface area contributed by atoms with Gasteiger partial charge in [0.15, 0.2) is 6.29 Å². The van der Waals surface area contributed by atoms with Gasteiger partial charge in [0.2, 0.25) is 0 Å². The standard InChI is InChI=1S/C24H31N3O5/c1-3-4-5-8-20(32-21-9-11-31-16-21)12-17(2)25-24(30)27-10-6-7-18-13-19(14-28)22(15-29)26-23(18)27/h4-5,8,12-13,15,21,28H,3,6-7,9-11,14,16H2,1-2H3,(H,25,30)/b5-4+,17-12+,20-8+. The highest BCUT2D eigenvalue weighted by Gasteiger charge is 2.26. The van der Waals surface area contributed by atoms with Crippen LogP contribution in [0.2, 0.25) is 0 Å². The number of carbonyl (C=O) groups is 2. The van der Waals surface area contributed by atoms with Crippen molar-refractivity contribution in [2.75, 3.05) is 24.7 Å². The molecule has 32 heavy (non-hydrogen) atoms. The second-order valence-electron chi connectivity index (χ2n) is 7.81. The number of aromatic nitrogens is 1. The summed E-state index contributed by atoms with van der Waals surface area (Å²) < 4.78 is 11.4. The monoisotopic (exact) mass is 441 g/mol. The molecule has 0 bridgehead atoms. The lowest BCUT2D eigenvalue weighted by Gasteiger charge is -2.29. The predicted molar refractivity (Wildman–Crippen MR) is 121 cm³/mol. The molecule has 1 atom stereocenters. The molecule has 3 rings (SSSR count). The summed E-state index contributed by atoms with van der Waals surface area (Å²) in [6.07, 6.45) is 11.5. The lowest BCUT2D eigenvalue weighted by Crippen LogP contribution is -2.43. The number of amides is 2. The molecule has 1 aromatic rings. The van der Waals surface area contributed by atoms with Crippen LogP contribution in [0.3, 0.4) is 0 Å². The van der Waals surface area contributed by atoms with Crippen LogP contribution in [0.1, 0.15) is 54.7 Å². The molecule has 1 saturated heterocycles. The minimum atomic E-state index is -0.326. The number of aliphatic hydroxyl groups excluding tert-OH is 1. The number of aryl methyl sites for hydroxylation is 1. The summed E-state index contributed by atoms with van der Waals surface area (Å²) in [5.41, 5.74) is 2.09. The highest BCUT2D eigenvalue weighted by Crippen LogP contribution is 2.27. The van der Waals surface area contributed by atoms with Gasteiger partial charge in [-0.2, -0.15) is 0 Å². The molecule has 3 heterocycles. The number of hydrogen-bond acceptors (Lipinski definition) is 6. The van der Waals surface area contributed by atoms with Crippen LogP contribution in [-0.2, 0) is 22.5 Å². The van der Waals surface area contributed by atoms with E-state index in [4.69, 9.17) is 9.47 Å². The van der Waals surface area contributed by atoms with Crippen molar-refractivity contribution in [1.82, 2.24) is 10.3 Å². The molecule has 2 amide bonds. The minimum absolute atomic E-state index is 0.00307. The minimum Gasteiger partial charge on any atom is -0.488 e. The maximum absolute atomic E-state index is 13.0. The molecule has 2 N–H and O–H groups in total. The van der Waals surface area contributed by atoms with Crippen LogP contribution >= 0.6 is 0 Å². The Kier molecular flexibility index (Phi) is 8.58. The van der Waals surface area contributed by atoms with Crippen LogP contribution in [0.4, 0.5) is 10.6 Å². The number of fused-ring (bicyclic) bond motifs is 1. The van der Waals surface area contributed by atoms with E-state index in [1.165, 1.54) is 4.90 Å². The van der Waals surface area contributed by atoms with Gasteiger partial charge >= 0.3 is 6.03 Å². The first-order valence-corrected chi connectivity index (χ1v) is 11.0. The van der Waals surface area contributed by atoms with E-state index in [0.717, 1.165) is 31.2 Å². The van der Waals surface area contributed by atoms with Crippen LogP contribution < -0.4 is 10.2 Å². The van der Waals surface area contributed by atoms with Gasteiger partial charge in [0.1, 0.15) is 23.4 Å². The van der Waals surface area contributed by atoms with Crippen LogP contribution in [-0.4, -0.2) is 48.3 Å². The van der Waals surface area contributed by atoms with Gasteiger partial charge in [-0.1, -0.05) is 19.1 Å². The number of pyridine rings is 1.